The Morgan fingerprint density at radius 3 is 2.10 bits per heavy atom. The van der Waals surface area contributed by atoms with E-state index in [1.807, 2.05) is 19.1 Å². The summed E-state index contributed by atoms with van der Waals surface area (Å²) in [5, 5.41) is 7.85. The highest BCUT2D eigenvalue weighted by Crippen LogP contribution is 2.47. The monoisotopic (exact) mass is 616 g/mol. The van der Waals surface area contributed by atoms with Crippen molar-refractivity contribution in [2.75, 3.05) is 32.8 Å². The number of aliphatic carboxylic acids is 1. The second-order valence-electron chi connectivity index (χ2n) is 12.0. The zero-order valence-electron chi connectivity index (χ0n) is 24.8. The zero-order chi connectivity index (χ0) is 31.1. The number of rotatable bonds is 6. The molecule has 2 saturated heterocycles. The lowest BCUT2D eigenvalue weighted by Crippen LogP contribution is -2.54. The van der Waals surface area contributed by atoms with Gasteiger partial charge < -0.3 is 19.6 Å². The molecule has 0 radical (unpaired) electrons. The second kappa shape index (κ2) is 14.9. The third kappa shape index (κ3) is 8.40. The lowest BCUT2D eigenvalue weighted by Gasteiger charge is -2.47. The number of carbonyl (C=O) groups excluding carboxylic acids is 2. The van der Waals surface area contributed by atoms with E-state index in [4.69, 9.17) is 26.2 Å². The maximum absolute atomic E-state index is 13.9. The van der Waals surface area contributed by atoms with Gasteiger partial charge in [-0.1, -0.05) is 43.0 Å². The van der Waals surface area contributed by atoms with Gasteiger partial charge in [0.2, 0.25) is 5.91 Å². The van der Waals surface area contributed by atoms with Crippen molar-refractivity contribution < 1.29 is 37.4 Å². The van der Waals surface area contributed by atoms with Gasteiger partial charge in [-0.3, -0.25) is 9.59 Å². The summed E-state index contributed by atoms with van der Waals surface area (Å²) in [6.45, 7) is 9.92. The van der Waals surface area contributed by atoms with Gasteiger partial charge in [-0.25, -0.2) is 4.79 Å². The summed E-state index contributed by atoms with van der Waals surface area (Å²) in [6, 6.07) is 8.50. The molecule has 4 rings (SSSR count). The SMILES string of the molecule is CCOC(=O)C1(C2CCCCC2)CCN(C(=O)[C@H]2CCN(C(C)C)C[C@@H]2c2ccc(Cl)cc2)CC1.O=C(O)C(F)(F)F. The Bertz CT molecular complexity index is 1050. The quantitative estimate of drug-likeness (QED) is 0.365. The van der Waals surface area contributed by atoms with E-state index < -0.39 is 17.6 Å². The van der Waals surface area contributed by atoms with Crippen molar-refractivity contribution in [2.45, 2.75) is 90.3 Å². The average molecular weight is 617 g/mol. The third-order valence-electron chi connectivity index (χ3n) is 9.27. The number of ether oxygens (including phenoxy) is 1. The predicted octanol–water partition coefficient (Wildman–Crippen LogP) is 6.54. The minimum Gasteiger partial charge on any atom is -0.475 e. The molecule has 3 aliphatic rings. The summed E-state index contributed by atoms with van der Waals surface area (Å²) in [5.41, 5.74) is 0.780. The summed E-state index contributed by atoms with van der Waals surface area (Å²) in [6.07, 6.45) is 3.14. The van der Waals surface area contributed by atoms with Gasteiger partial charge in [-0.2, -0.15) is 13.2 Å². The first kappa shape index (κ1) is 34.2. The number of amides is 1. The van der Waals surface area contributed by atoms with E-state index >= 15 is 0 Å². The molecule has 2 atom stereocenters. The van der Waals surface area contributed by atoms with E-state index in [0.29, 0.717) is 31.7 Å². The van der Waals surface area contributed by atoms with Crippen molar-refractivity contribution in [2.24, 2.45) is 17.3 Å². The first-order valence-electron chi connectivity index (χ1n) is 15.1. The minimum absolute atomic E-state index is 0.0247. The van der Waals surface area contributed by atoms with Crippen LogP contribution in [0, 0.1) is 17.3 Å². The predicted molar refractivity (Wildman–Crippen MR) is 154 cm³/mol. The van der Waals surface area contributed by atoms with Crippen LogP contribution in [0.3, 0.4) is 0 Å². The first-order valence-corrected chi connectivity index (χ1v) is 15.4. The molecule has 1 aliphatic carbocycles. The molecule has 42 heavy (non-hydrogen) atoms. The van der Waals surface area contributed by atoms with Crippen LogP contribution in [-0.4, -0.2) is 77.8 Å². The zero-order valence-corrected chi connectivity index (χ0v) is 25.6. The van der Waals surface area contributed by atoms with Crippen molar-refractivity contribution in [3.63, 3.8) is 0 Å². The molecule has 1 aromatic rings. The van der Waals surface area contributed by atoms with Crippen LogP contribution in [0.15, 0.2) is 24.3 Å². The maximum Gasteiger partial charge on any atom is 0.490 e. The number of benzene rings is 1. The molecule has 2 heterocycles. The summed E-state index contributed by atoms with van der Waals surface area (Å²) >= 11 is 6.17. The Kier molecular flexibility index (Phi) is 12.1. The largest absolute Gasteiger partial charge is 0.490 e. The van der Waals surface area contributed by atoms with Crippen LogP contribution in [0.2, 0.25) is 5.02 Å². The van der Waals surface area contributed by atoms with Crippen LogP contribution in [0.25, 0.3) is 0 Å². The molecule has 0 aromatic heterocycles. The lowest BCUT2D eigenvalue weighted by atomic mass is 9.63. The van der Waals surface area contributed by atoms with Crippen molar-refractivity contribution in [1.29, 1.82) is 0 Å². The minimum atomic E-state index is -5.08. The molecule has 1 saturated carbocycles. The highest BCUT2D eigenvalue weighted by molar-refractivity contribution is 6.30. The highest BCUT2D eigenvalue weighted by Gasteiger charge is 2.50. The maximum atomic E-state index is 13.9. The summed E-state index contributed by atoms with van der Waals surface area (Å²) in [7, 11) is 0. The Balaban J connectivity index is 0.000000616. The smallest absolute Gasteiger partial charge is 0.475 e. The number of halogens is 4. The fourth-order valence-electron chi connectivity index (χ4n) is 6.86. The van der Waals surface area contributed by atoms with Crippen molar-refractivity contribution in [3.8, 4) is 0 Å². The molecule has 1 N–H and O–H groups in total. The van der Waals surface area contributed by atoms with Gasteiger partial charge in [-0.15, -0.1) is 0 Å². The fourth-order valence-corrected chi connectivity index (χ4v) is 6.99. The van der Waals surface area contributed by atoms with Gasteiger partial charge in [0, 0.05) is 42.5 Å². The summed E-state index contributed by atoms with van der Waals surface area (Å²) < 4.78 is 37.3. The number of piperidine rings is 2. The molecule has 2 aliphatic heterocycles. The molecule has 1 amide bonds. The molecular formula is C31H44ClF3N2O5. The van der Waals surface area contributed by atoms with Crippen LogP contribution in [0.1, 0.15) is 83.6 Å². The number of hydrogen-bond donors (Lipinski definition) is 1. The van der Waals surface area contributed by atoms with Crippen LogP contribution < -0.4 is 0 Å². The summed E-state index contributed by atoms with van der Waals surface area (Å²) in [5.74, 6) is -2.00. The van der Waals surface area contributed by atoms with E-state index in [1.54, 1.807) is 0 Å². The molecule has 0 bridgehead atoms. The van der Waals surface area contributed by atoms with E-state index in [2.05, 4.69) is 35.8 Å². The number of carbonyl (C=O) groups is 3. The fraction of sp³-hybridized carbons (Fsp3) is 0.710. The van der Waals surface area contributed by atoms with Crippen LogP contribution in [0.4, 0.5) is 13.2 Å². The molecule has 11 heteroatoms. The van der Waals surface area contributed by atoms with Gasteiger partial charge in [0.05, 0.1) is 12.0 Å². The van der Waals surface area contributed by atoms with Crippen LogP contribution in [-0.2, 0) is 19.1 Å². The number of nitrogens with zero attached hydrogens (tertiary/aromatic N) is 2. The van der Waals surface area contributed by atoms with Gasteiger partial charge in [0.15, 0.2) is 0 Å². The molecule has 0 unspecified atom stereocenters. The van der Waals surface area contributed by atoms with Gasteiger partial charge in [0.25, 0.3) is 0 Å². The Morgan fingerprint density at radius 1 is 1.02 bits per heavy atom. The molecule has 0 spiro atoms. The number of alkyl halides is 3. The third-order valence-corrected chi connectivity index (χ3v) is 9.52. The van der Waals surface area contributed by atoms with Crippen LogP contribution >= 0.6 is 11.6 Å². The van der Waals surface area contributed by atoms with Crippen molar-refractivity contribution >= 4 is 29.4 Å². The molecule has 1 aromatic carbocycles. The van der Waals surface area contributed by atoms with E-state index in [1.165, 1.54) is 24.8 Å². The van der Waals surface area contributed by atoms with Crippen molar-refractivity contribution in [3.05, 3.63) is 34.9 Å². The first-order chi connectivity index (χ1) is 19.8. The van der Waals surface area contributed by atoms with E-state index in [-0.39, 0.29) is 23.7 Å². The van der Waals surface area contributed by atoms with Crippen LogP contribution in [0.5, 0.6) is 0 Å². The number of likely N-dealkylation sites (tertiary alicyclic amines) is 2. The Labute approximate surface area is 251 Å². The van der Waals surface area contributed by atoms with Crippen molar-refractivity contribution in [1.82, 2.24) is 9.80 Å². The van der Waals surface area contributed by atoms with Gasteiger partial charge in [0.1, 0.15) is 0 Å². The van der Waals surface area contributed by atoms with E-state index in [9.17, 15) is 22.8 Å². The number of carboxylic acid groups (broad SMARTS) is 1. The number of hydrogen-bond acceptors (Lipinski definition) is 5. The topological polar surface area (TPSA) is 87.2 Å². The molecule has 3 fully saturated rings. The average Bonchev–Trinajstić information content (AvgIpc) is 2.97. The van der Waals surface area contributed by atoms with Gasteiger partial charge in [-0.05, 0) is 83.0 Å². The second-order valence-corrected chi connectivity index (χ2v) is 12.4. The normalized spacial score (nSPS) is 23.6. The number of esters is 1. The highest BCUT2D eigenvalue weighted by atomic mass is 35.5. The standard InChI is InChI=1S/C29H43ClN2O3.C2HF3O2/c1-4-35-28(34)29(23-8-6-5-7-9-23)15-18-31(19-16-29)27(33)25-14-17-32(21(2)3)20-26(25)22-10-12-24(30)13-11-22;3-2(4,5)1(6)7/h10-13,21,23,25-26H,4-9,14-20H2,1-3H3;(H,6,7)/t25-,26+;/m0./s1. The lowest BCUT2D eigenvalue weighted by molar-refractivity contribution is -0.192. The summed E-state index contributed by atoms with van der Waals surface area (Å²) in [4.78, 5) is 40.6. The van der Waals surface area contributed by atoms with E-state index in [0.717, 1.165) is 50.2 Å². The number of carboxylic acids is 1. The Hall–Kier alpha value is -2.33. The molecule has 7 nitrogen and oxygen atoms in total. The molecular weight excluding hydrogens is 573 g/mol. The Morgan fingerprint density at radius 2 is 1.60 bits per heavy atom. The molecule has 236 valence electrons. The van der Waals surface area contributed by atoms with Gasteiger partial charge >= 0.3 is 18.1 Å².